The maximum Gasteiger partial charge on any atom is 0.0605 e. The number of fused-ring (bicyclic) bond motifs is 1. The third-order valence-corrected chi connectivity index (χ3v) is 3.63. The van der Waals surface area contributed by atoms with Crippen molar-refractivity contribution in [1.29, 1.82) is 0 Å². The minimum atomic E-state index is 0.841. The molecule has 3 heteroatoms. The Hall–Kier alpha value is -1.67. The summed E-state index contributed by atoms with van der Waals surface area (Å²) >= 11 is 6.23. The molecule has 1 aliphatic rings. The molecular weight excluding hydrogens is 244 g/mol. The number of hydrogen-bond donors (Lipinski definition) is 1. The van der Waals surface area contributed by atoms with E-state index in [0.29, 0.717) is 0 Å². The maximum absolute atomic E-state index is 6.23. The lowest BCUT2D eigenvalue weighted by Gasteiger charge is -2.32. The van der Waals surface area contributed by atoms with Crippen molar-refractivity contribution in [2.75, 3.05) is 23.3 Å². The van der Waals surface area contributed by atoms with Crippen LogP contribution in [0.5, 0.6) is 0 Å². The first-order valence-corrected chi connectivity index (χ1v) is 6.53. The molecule has 0 radical (unpaired) electrons. The fourth-order valence-electron chi connectivity index (χ4n) is 2.34. The van der Waals surface area contributed by atoms with Gasteiger partial charge in [-0.25, -0.2) is 0 Å². The van der Waals surface area contributed by atoms with Crippen LogP contribution >= 0.6 is 11.6 Å². The smallest absolute Gasteiger partial charge is 0.0605 e. The van der Waals surface area contributed by atoms with Gasteiger partial charge in [-0.15, -0.1) is 0 Å². The molecular formula is C15H15ClN2. The monoisotopic (exact) mass is 258 g/mol. The van der Waals surface area contributed by atoms with Gasteiger partial charge in [0.05, 0.1) is 11.4 Å². The van der Waals surface area contributed by atoms with Gasteiger partial charge in [-0.1, -0.05) is 41.9 Å². The van der Waals surface area contributed by atoms with Crippen molar-refractivity contribution < 1.29 is 0 Å². The van der Waals surface area contributed by atoms with Crippen molar-refractivity contribution in [3.05, 3.63) is 59.1 Å². The fourth-order valence-corrected chi connectivity index (χ4v) is 2.54. The van der Waals surface area contributed by atoms with E-state index < -0.39 is 0 Å². The number of hydrogen-bond acceptors (Lipinski definition) is 2. The Bertz CT molecular complexity index is 554. The van der Waals surface area contributed by atoms with Crippen molar-refractivity contribution in [3.63, 3.8) is 0 Å². The van der Waals surface area contributed by atoms with E-state index in [4.69, 9.17) is 11.6 Å². The summed E-state index contributed by atoms with van der Waals surface area (Å²) in [7, 11) is 0. The van der Waals surface area contributed by atoms with Crippen LogP contribution in [0.4, 0.5) is 11.4 Å². The lowest BCUT2D eigenvalue weighted by atomic mass is 10.1. The fraction of sp³-hybridized carbons (Fsp3) is 0.200. The molecule has 0 saturated carbocycles. The van der Waals surface area contributed by atoms with Crippen LogP contribution in [0, 0.1) is 0 Å². The maximum atomic E-state index is 6.23. The third-order valence-electron chi connectivity index (χ3n) is 3.26. The number of para-hydroxylation sites is 2. The molecule has 1 heterocycles. The Balaban J connectivity index is 1.89. The highest BCUT2D eigenvalue weighted by Gasteiger charge is 2.16. The van der Waals surface area contributed by atoms with Gasteiger partial charge in [0.15, 0.2) is 0 Å². The molecule has 0 bridgehead atoms. The van der Waals surface area contributed by atoms with Gasteiger partial charge in [-0.05, 0) is 23.8 Å². The summed E-state index contributed by atoms with van der Waals surface area (Å²) in [5, 5.41) is 4.26. The minimum Gasteiger partial charge on any atom is -0.382 e. The van der Waals surface area contributed by atoms with E-state index in [2.05, 4.69) is 40.5 Å². The highest BCUT2D eigenvalue weighted by atomic mass is 35.5. The zero-order valence-electron chi connectivity index (χ0n) is 10.1. The molecule has 18 heavy (non-hydrogen) atoms. The molecule has 0 spiro atoms. The summed E-state index contributed by atoms with van der Waals surface area (Å²) in [5.41, 5.74) is 3.63. The van der Waals surface area contributed by atoms with Crippen LogP contribution in [-0.4, -0.2) is 13.1 Å². The molecule has 0 unspecified atom stereocenters. The lowest BCUT2D eigenvalue weighted by Crippen LogP contribution is -2.33. The predicted molar refractivity (Wildman–Crippen MR) is 77.4 cm³/mol. The van der Waals surface area contributed by atoms with Crippen LogP contribution in [0.2, 0.25) is 5.02 Å². The second-order valence-corrected chi connectivity index (χ2v) is 4.86. The normalized spacial score (nSPS) is 13.9. The second kappa shape index (κ2) is 4.91. The van der Waals surface area contributed by atoms with Gasteiger partial charge in [-0.3, -0.25) is 0 Å². The molecule has 0 aromatic heterocycles. The topological polar surface area (TPSA) is 15.3 Å². The number of halogens is 1. The minimum absolute atomic E-state index is 0.841. The zero-order chi connectivity index (χ0) is 12.4. The summed E-state index contributed by atoms with van der Waals surface area (Å²) in [6.45, 7) is 2.84. The van der Waals surface area contributed by atoms with Gasteiger partial charge in [0.1, 0.15) is 0 Å². The second-order valence-electron chi connectivity index (χ2n) is 4.46. The lowest BCUT2D eigenvalue weighted by molar-refractivity contribution is 0.787. The number of nitrogens with zero attached hydrogens (tertiary/aromatic N) is 1. The molecule has 2 nitrogen and oxygen atoms in total. The molecule has 0 atom stereocenters. The van der Waals surface area contributed by atoms with E-state index in [0.717, 1.165) is 24.7 Å². The summed E-state index contributed by atoms with van der Waals surface area (Å²) < 4.78 is 0. The van der Waals surface area contributed by atoms with Gasteiger partial charge in [0.2, 0.25) is 0 Å². The van der Waals surface area contributed by atoms with Crippen LogP contribution in [0.15, 0.2) is 48.5 Å². The van der Waals surface area contributed by atoms with Crippen molar-refractivity contribution in [2.45, 2.75) is 6.54 Å². The van der Waals surface area contributed by atoms with Crippen LogP contribution in [-0.2, 0) is 6.54 Å². The van der Waals surface area contributed by atoms with E-state index in [1.807, 2.05) is 18.2 Å². The summed E-state index contributed by atoms with van der Waals surface area (Å²) in [4.78, 5) is 2.37. The number of rotatable bonds is 2. The van der Waals surface area contributed by atoms with Crippen molar-refractivity contribution in [3.8, 4) is 0 Å². The van der Waals surface area contributed by atoms with E-state index >= 15 is 0 Å². The molecule has 0 aliphatic carbocycles. The predicted octanol–water partition coefficient (Wildman–Crippen LogP) is 3.77. The van der Waals surface area contributed by atoms with Gasteiger partial charge in [0.25, 0.3) is 0 Å². The van der Waals surface area contributed by atoms with Crippen molar-refractivity contribution in [1.82, 2.24) is 0 Å². The SMILES string of the molecule is Clc1ccccc1CN1CCNc2ccccc21. The van der Waals surface area contributed by atoms with Crippen LogP contribution in [0.25, 0.3) is 0 Å². The van der Waals surface area contributed by atoms with E-state index in [1.54, 1.807) is 0 Å². The standard InChI is InChI=1S/C15H15ClN2/c16-13-6-2-1-5-12(13)11-18-10-9-17-14-7-3-4-8-15(14)18/h1-8,17H,9-11H2. The van der Waals surface area contributed by atoms with E-state index in [1.165, 1.54) is 16.9 Å². The molecule has 3 rings (SSSR count). The molecule has 2 aromatic carbocycles. The Morgan fingerprint density at radius 2 is 1.83 bits per heavy atom. The molecule has 92 valence electrons. The zero-order valence-corrected chi connectivity index (χ0v) is 10.8. The Morgan fingerprint density at radius 3 is 2.72 bits per heavy atom. The third kappa shape index (κ3) is 2.16. The molecule has 0 saturated heterocycles. The first kappa shape index (κ1) is 11.4. The van der Waals surface area contributed by atoms with Crippen LogP contribution in [0.1, 0.15) is 5.56 Å². The molecule has 1 N–H and O–H groups in total. The highest BCUT2D eigenvalue weighted by molar-refractivity contribution is 6.31. The molecule has 1 aliphatic heterocycles. The number of benzene rings is 2. The van der Waals surface area contributed by atoms with Crippen LogP contribution < -0.4 is 10.2 Å². The van der Waals surface area contributed by atoms with Crippen molar-refractivity contribution in [2.24, 2.45) is 0 Å². The number of anilines is 2. The van der Waals surface area contributed by atoms with Crippen LogP contribution in [0.3, 0.4) is 0 Å². The van der Waals surface area contributed by atoms with Crippen molar-refractivity contribution >= 4 is 23.0 Å². The summed E-state index contributed by atoms with van der Waals surface area (Å²) in [6, 6.07) is 16.5. The van der Waals surface area contributed by atoms with E-state index in [-0.39, 0.29) is 0 Å². The number of nitrogens with one attached hydrogen (secondary N) is 1. The molecule has 2 aromatic rings. The molecule has 0 fully saturated rings. The Morgan fingerprint density at radius 1 is 1.06 bits per heavy atom. The highest BCUT2D eigenvalue weighted by Crippen LogP contribution is 2.30. The summed E-state index contributed by atoms with van der Waals surface area (Å²) in [6.07, 6.45) is 0. The average Bonchev–Trinajstić information content (AvgIpc) is 2.42. The average molecular weight is 259 g/mol. The summed E-state index contributed by atoms with van der Waals surface area (Å²) in [5.74, 6) is 0. The first-order chi connectivity index (χ1) is 8.84. The largest absolute Gasteiger partial charge is 0.382 e. The van der Waals surface area contributed by atoms with E-state index in [9.17, 15) is 0 Å². The Labute approximate surface area is 112 Å². The first-order valence-electron chi connectivity index (χ1n) is 6.16. The van der Waals surface area contributed by atoms with Gasteiger partial charge < -0.3 is 10.2 Å². The molecule has 0 amide bonds. The van der Waals surface area contributed by atoms with Gasteiger partial charge >= 0.3 is 0 Å². The Kier molecular flexibility index (Phi) is 3.11. The van der Waals surface area contributed by atoms with Gasteiger partial charge in [-0.2, -0.15) is 0 Å². The van der Waals surface area contributed by atoms with Gasteiger partial charge in [0, 0.05) is 24.7 Å². The quantitative estimate of drug-likeness (QED) is 0.882.